The van der Waals surface area contributed by atoms with Gasteiger partial charge in [0.1, 0.15) is 16.5 Å². The minimum atomic E-state index is -4.15. The number of aryl methyl sites for hydroxylation is 2. The quantitative estimate of drug-likeness (QED) is 0.773. The molecule has 2 aromatic rings. The molecular formula is C18H20F2N2O3S2. The van der Waals surface area contributed by atoms with Gasteiger partial charge in [-0.3, -0.25) is 4.79 Å². The fourth-order valence-electron chi connectivity index (χ4n) is 3.08. The Morgan fingerprint density at radius 3 is 2.41 bits per heavy atom. The van der Waals surface area contributed by atoms with Gasteiger partial charge in [-0.05, 0) is 43.2 Å². The summed E-state index contributed by atoms with van der Waals surface area (Å²) in [7, 11) is -4.15. The van der Waals surface area contributed by atoms with Crippen LogP contribution >= 0.6 is 11.3 Å². The second-order valence-corrected chi connectivity index (χ2v) is 9.38. The molecule has 1 fully saturated rings. The van der Waals surface area contributed by atoms with Crippen LogP contribution in [0.4, 0.5) is 8.78 Å². The van der Waals surface area contributed by atoms with Crippen LogP contribution in [0.2, 0.25) is 0 Å². The van der Waals surface area contributed by atoms with Crippen molar-refractivity contribution in [1.29, 1.82) is 0 Å². The van der Waals surface area contributed by atoms with E-state index in [1.165, 1.54) is 11.3 Å². The predicted molar refractivity (Wildman–Crippen MR) is 99.5 cm³/mol. The van der Waals surface area contributed by atoms with Crippen LogP contribution in [0.1, 0.15) is 27.0 Å². The summed E-state index contributed by atoms with van der Waals surface area (Å²) < 4.78 is 53.6. The lowest BCUT2D eigenvalue weighted by Crippen LogP contribution is -2.50. The van der Waals surface area contributed by atoms with Gasteiger partial charge < -0.3 is 4.90 Å². The van der Waals surface area contributed by atoms with Crippen molar-refractivity contribution in [3.8, 4) is 0 Å². The van der Waals surface area contributed by atoms with Gasteiger partial charge in [0.15, 0.2) is 0 Å². The van der Waals surface area contributed by atoms with Gasteiger partial charge in [-0.15, -0.1) is 11.3 Å². The maximum Gasteiger partial charge on any atom is 0.264 e. The molecule has 1 aliphatic heterocycles. The lowest BCUT2D eigenvalue weighted by atomic mass is 10.2. The number of piperazine rings is 1. The molecule has 5 nitrogen and oxygen atoms in total. The van der Waals surface area contributed by atoms with Gasteiger partial charge in [-0.2, -0.15) is 4.31 Å². The first-order valence-electron chi connectivity index (χ1n) is 8.57. The summed E-state index contributed by atoms with van der Waals surface area (Å²) in [6, 6.07) is 4.21. The molecule has 0 N–H and O–H groups in total. The van der Waals surface area contributed by atoms with Gasteiger partial charge in [0.2, 0.25) is 10.0 Å². The topological polar surface area (TPSA) is 57.7 Å². The highest BCUT2D eigenvalue weighted by atomic mass is 32.2. The third-order valence-electron chi connectivity index (χ3n) is 4.59. The Bertz CT molecular complexity index is 965. The van der Waals surface area contributed by atoms with E-state index in [2.05, 4.69) is 0 Å². The second-order valence-electron chi connectivity index (χ2n) is 6.34. The Labute approximate surface area is 161 Å². The third kappa shape index (κ3) is 3.90. The molecule has 1 amide bonds. The fourth-order valence-corrected chi connectivity index (χ4v) is 5.66. The highest BCUT2D eigenvalue weighted by Gasteiger charge is 2.32. The highest BCUT2D eigenvalue weighted by Crippen LogP contribution is 2.25. The molecule has 2 heterocycles. The van der Waals surface area contributed by atoms with Gasteiger partial charge in [0, 0.05) is 31.1 Å². The first-order chi connectivity index (χ1) is 12.7. The number of carbonyl (C=O) groups is 1. The first kappa shape index (κ1) is 19.9. The zero-order chi connectivity index (χ0) is 19.8. The minimum Gasteiger partial charge on any atom is -0.335 e. The van der Waals surface area contributed by atoms with Gasteiger partial charge in [-0.1, -0.05) is 6.92 Å². The van der Waals surface area contributed by atoms with E-state index in [1.807, 2.05) is 19.9 Å². The van der Waals surface area contributed by atoms with Crippen LogP contribution in [0.25, 0.3) is 0 Å². The Morgan fingerprint density at radius 2 is 1.81 bits per heavy atom. The molecule has 0 aliphatic carbocycles. The Kier molecular flexibility index (Phi) is 5.64. The number of thiophene rings is 1. The fraction of sp³-hybridized carbons (Fsp3) is 0.389. The molecule has 3 rings (SSSR count). The van der Waals surface area contributed by atoms with Crippen LogP contribution < -0.4 is 0 Å². The minimum absolute atomic E-state index is 0.0367. The molecule has 27 heavy (non-hydrogen) atoms. The first-order valence-corrected chi connectivity index (χ1v) is 10.8. The van der Waals surface area contributed by atoms with Crippen molar-refractivity contribution in [2.45, 2.75) is 25.2 Å². The molecule has 0 bridgehead atoms. The molecule has 0 saturated carbocycles. The largest absolute Gasteiger partial charge is 0.335 e. The van der Waals surface area contributed by atoms with E-state index < -0.39 is 26.6 Å². The Morgan fingerprint density at radius 1 is 1.15 bits per heavy atom. The second kappa shape index (κ2) is 7.65. The van der Waals surface area contributed by atoms with Crippen molar-refractivity contribution in [3.63, 3.8) is 0 Å². The van der Waals surface area contributed by atoms with E-state index in [-0.39, 0.29) is 32.1 Å². The molecule has 1 saturated heterocycles. The number of benzene rings is 1. The monoisotopic (exact) mass is 414 g/mol. The molecule has 0 atom stereocenters. The van der Waals surface area contributed by atoms with Crippen LogP contribution in [0, 0.1) is 18.6 Å². The van der Waals surface area contributed by atoms with Gasteiger partial charge in [0.05, 0.1) is 4.88 Å². The summed E-state index contributed by atoms with van der Waals surface area (Å²) in [6.45, 7) is 4.47. The van der Waals surface area contributed by atoms with Crippen molar-refractivity contribution < 1.29 is 22.0 Å². The average Bonchev–Trinajstić information content (AvgIpc) is 3.04. The van der Waals surface area contributed by atoms with Gasteiger partial charge in [0.25, 0.3) is 5.91 Å². The maximum atomic E-state index is 13.9. The number of hydrogen-bond acceptors (Lipinski definition) is 4. The standard InChI is InChI=1S/C18H20F2N2O3S2/c1-3-15-12(2)10-16(26-15)18(23)21-6-8-22(9-7-21)27(24,25)17-11-13(19)4-5-14(17)20/h4-5,10-11H,3,6-9H2,1-2H3. The highest BCUT2D eigenvalue weighted by molar-refractivity contribution is 7.89. The molecule has 1 aromatic carbocycles. The average molecular weight is 414 g/mol. The lowest BCUT2D eigenvalue weighted by molar-refractivity contribution is 0.0702. The summed E-state index contributed by atoms with van der Waals surface area (Å²) in [5, 5.41) is 0. The number of rotatable bonds is 4. The van der Waals surface area contributed by atoms with Crippen LogP contribution in [0.3, 0.4) is 0 Å². The smallest absolute Gasteiger partial charge is 0.264 e. The molecule has 1 aromatic heterocycles. The van der Waals surface area contributed by atoms with Crippen molar-refractivity contribution in [2.75, 3.05) is 26.2 Å². The SMILES string of the molecule is CCc1sc(C(=O)N2CCN(S(=O)(=O)c3cc(F)ccc3F)CC2)cc1C. The van der Waals surface area contributed by atoms with Crippen molar-refractivity contribution in [1.82, 2.24) is 9.21 Å². The molecule has 0 spiro atoms. The van der Waals surface area contributed by atoms with E-state index in [9.17, 15) is 22.0 Å². The molecule has 0 unspecified atom stereocenters. The number of carbonyl (C=O) groups excluding carboxylic acids is 1. The van der Waals surface area contributed by atoms with Crippen LogP contribution in [0.5, 0.6) is 0 Å². The Hall–Kier alpha value is -1.84. The number of amides is 1. The zero-order valence-corrected chi connectivity index (χ0v) is 16.7. The lowest BCUT2D eigenvalue weighted by Gasteiger charge is -2.33. The molecule has 146 valence electrons. The number of nitrogens with zero attached hydrogens (tertiary/aromatic N) is 2. The van der Waals surface area contributed by atoms with E-state index >= 15 is 0 Å². The summed E-state index contributed by atoms with van der Waals surface area (Å²) in [6.07, 6.45) is 0.856. The summed E-state index contributed by atoms with van der Waals surface area (Å²) >= 11 is 1.45. The van der Waals surface area contributed by atoms with E-state index in [0.717, 1.165) is 33.3 Å². The summed E-state index contributed by atoms with van der Waals surface area (Å²) in [5.41, 5.74) is 1.08. The number of hydrogen-bond donors (Lipinski definition) is 0. The predicted octanol–water partition coefficient (Wildman–Crippen LogP) is 3.04. The molecule has 1 aliphatic rings. The summed E-state index contributed by atoms with van der Waals surface area (Å²) in [5.74, 6) is -1.93. The molecular weight excluding hydrogens is 394 g/mol. The summed E-state index contributed by atoms with van der Waals surface area (Å²) in [4.78, 5) is 15.4. The van der Waals surface area contributed by atoms with Crippen LogP contribution in [-0.2, 0) is 16.4 Å². The van der Waals surface area contributed by atoms with E-state index in [0.29, 0.717) is 10.9 Å². The zero-order valence-electron chi connectivity index (χ0n) is 15.0. The molecule has 0 radical (unpaired) electrons. The van der Waals surface area contributed by atoms with Crippen molar-refractivity contribution >= 4 is 27.3 Å². The Balaban J connectivity index is 1.72. The van der Waals surface area contributed by atoms with Crippen molar-refractivity contribution in [2.24, 2.45) is 0 Å². The maximum absolute atomic E-state index is 13.9. The van der Waals surface area contributed by atoms with Gasteiger partial charge >= 0.3 is 0 Å². The third-order valence-corrected chi connectivity index (χ3v) is 7.87. The number of halogens is 2. The van der Waals surface area contributed by atoms with Gasteiger partial charge in [-0.25, -0.2) is 17.2 Å². The normalized spacial score (nSPS) is 15.9. The van der Waals surface area contributed by atoms with E-state index in [1.54, 1.807) is 4.90 Å². The van der Waals surface area contributed by atoms with Crippen LogP contribution in [0.15, 0.2) is 29.2 Å². The molecule has 9 heteroatoms. The van der Waals surface area contributed by atoms with E-state index in [4.69, 9.17) is 0 Å². The van der Waals surface area contributed by atoms with Crippen LogP contribution in [-0.4, -0.2) is 49.7 Å². The van der Waals surface area contributed by atoms with Crippen molar-refractivity contribution in [3.05, 3.63) is 51.2 Å². The number of sulfonamides is 1.